The predicted molar refractivity (Wildman–Crippen MR) is 130 cm³/mol. The lowest BCUT2D eigenvalue weighted by atomic mass is 9.83. The van der Waals surface area contributed by atoms with Gasteiger partial charge in [0, 0.05) is 19.0 Å². The fourth-order valence-electron chi connectivity index (χ4n) is 3.97. The molecule has 0 bridgehead atoms. The van der Waals surface area contributed by atoms with Crippen LogP contribution >= 0.6 is 0 Å². The van der Waals surface area contributed by atoms with Crippen molar-refractivity contribution in [1.29, 1.82) is 0 Å². The Kier molecular flexibility index (Phi) is 7.65. The zero-order valence-electron chi connectivity index (χ0n) is 18.9. The second-order valence-electron chi connectivity index (χ2n) is 9.49. The third-order valence-electron chi connectivity index (χ3n) is 5.30. The monoisotopic (exact) mass is 397 g/mol. The number of hydrogen-bond acceptors (Lipinski definition) is 1. The Bertz CT molecular complexity index is 905. The second-order valence-corrected chi connectivity index (χ2v) is 9.49. The first-order valence-electron chi connectivity index (χ1n) is 10.9. The molecule has 0 unspecified atom stereocenters. The van der Waals surface area contributed by atoms with Crippen LogP contribution in [0, 0.1) is 5.41 Å². The lowest BCUT2D eigenvalue weighted by molar-refractivity contribution is 0.318. The van der Waals surface area contributed by atoms with E-state index >= 15 is 0 Å². The van der Waals surface area contributed by atoms with Gasteiger partial charge in [0.05, 0.1) is 0 Å². The summed E-state index contributed by atoms with van der Waals surface area (Å²) in [4.78, 5) is 2.43. The highest BCUT2D eigenvalue weighted by Gasteiger charge is 2.18. The molecule has 3 aromatic rings. The molecule has 0 fully saturated rings. The van der Waals surface area contributed by atoms with Gasteiger partial charge in [0.25, 0.3) is 0 Å². The van der Waals surface area contributed by atoms with Crippen LogP contribution in [-0.4, -0.2) is 18.5 Å². The average molecular weight is 398 g/mol. The Balaban J connectivity index is 1.91. The van der Waals surface area contributed by atoms with Crippen molar-refractivity contribution in [2.24, 2.45) is 5.41 Å². The summed E-state index contributed by atoms with van der Waals surface area (Å²) < 4.78 is 0. The van der Waals surface area contributed by atoms with Crippen molar-refractivity contribution in [3.8, 4) is 0 Å². The van der Waals surface area contributed by atoms with E-state index in [1.807, 2.05) is 0 Å². The van der Waals surface area contributed by atoms with E-state index in [-0.39, 0.29) is 5.41 Å². The highest BCUT2D eigenvalue weighted by Crippen LogP contribution is 2.33. The summed E-state index contributed by atoms with van der Waals surface area (Å²) in [6.45, 7) is 8.91. The van der Waals surface area contributed by atoms with Crippen LogP contribution in [-0.2, 0) is 6.54 Å². The molecule has 0 aromatic heterocycles. The van der Waals surface area contributed by atoms with Crippen molar-refractivity contribution in [2.75, 3.05) is 13.6 Å². The van der Waals surface area contributed by atoms with Crippen LogP contribution in [0.25, 0.3) is 5.57 Å². The van der Waals surface area contributed by atoms with E-state index in [0.717, 1.165) is 19.5 Å². The topological polar surface area (TPSA) is 3.24 Å². The summed E-state index contributed by atoms with van der Waals surface area (Å²) in [5.74, 6) is 0.345. The van der Waals surface area contributed by atoms with Crippen LogP contribution < -0.4 is 0 Å². The van der Waals surface area contributed by atoms with Gasteiger partial charge in [-0.3, -0.25) is 0 Å². The quantitative estimate of drug-likeness (QED) is 0.382. The van der Waals surface area contributed by atoms with E-state index in [0.29, 0.717) is 5.92 Å². The number of nitrogens with zero attached hydrogens (tertiary/aromatic N) is 1. The molecule has 156 valence electrons. The summed E-state index contributed by atoms with van der Waals surface area (Å²) in [7, 11) is 2.22. The number of likely N-dealkylation sites (N-methyl/N-ethyl adjacent to an activating group) is 1. The molecule has 1 heteroatoms. The highest BCUT2D eigenvalue weighted by molar-refractivity contribution is 5.67. The van der Waals surface area contributed by atoms with Gasteiger partial charge in [-0.2, -0.15) is 0 Å². The normalized spacial score (nSPS) is 13.4. The molecule has 0 aliphatic heterocycles. The van der Waals surface area contributed by atoms with E-state index in [2.05, 4.69) is 130 Å². The van der Waals surface area contributed by atoms with Crippen molar-refractivity contribution >= 4 is 5.57 Å². The summed E-state index contributed by atoms with van der Waals surface area (Å²) in [6, 6.07) is 32.5. The van der Waals surface area contributed by atoms with Gasteiger partial charge in [-0.05, 0) is 41.1 Å². The molecule has 0 aliphatic rings. The first-order chi connectivity index (χ1) is 14.4. The molecule has 0 saturated carbocycles. The number of hydrogen-bond donors (Lipinski definition) is 0. The molecule has 0 radical (unpaired) electrons. The van der Waals surface area contributed by atoms with Crippen molar-refractivity contribution in [3.63, 3.8) is 0 Å². The Hall–Kier alpha value is -2.64. The second kappa shape index (κ2) is 10.4. The third-order valence-corrected chi connectivity index (χ3v) is 5.30. The van der Waals surface area contributed by atoms with Crippen molar-refractivity contribution in [2.45, 2.75) is 39.7 Å². The van der Waals surface area contributed by atoms with Gasteiger partial charge in [-0.25, -0.2) is 0 Å². The highest BCUT2D eigenvalue weighted by atomic mass is 15.1. The van der Waals surface area contributed by atoms with Crippen LogP contribution in [0.4, 0.5) is 0 Å². The van der Waals surface area contributed by atoms with Crippen LogP contribution in [0.3, 0.4) is 0 Å². The molecular formula is C29H35N. The van der Waals surface area contributed by atoms with E-state index in [1.54, 1.807) is 0 Å². The van der Waals surface area contributed by atoms with E-state index in [4.69, 9.17) is 0 Å². The lowest BCUT2D eigenvalue weighted by Crippen LogP contribution is -2.24. The Morgan fingerprint density at radius 2 is 1.33 bits per heavy atom. The molecule has 3 aromatic carbocycles. The van der Waals surface area contributed by atoms with E-state index < -0.39 is 0 Å². The van der Waals surface area contributed by atoms with Gasteiger partial charge in [0.15, 0.2) is 0 Å². The van der Waals surface area contributed by atoms with Crippen molar-refractivity contribution in [3.05, 3.63) is 114 Å². The molecule has 0 N–H and O–H groups in total. The maximum Gasteiger partial charge on any atom is 0.0231 e. The molecule has 1 atom stereocenters. The van der Waals surface area contributed by atoms with Crippen LogP contribution in [0.15, 0.2) is 97.1 Å². The zero-order valence-corrected chi connectivity index (χ0v) is 18.9. The van der Waals surface area contributed by atoms with Crippen molar-refractivity contribution < 1.29 is 0 Å². The van der Waals surface area contributed by atoms with Gasteiger partial charge in [0.1, 0.15) is 0 Å². The average Bonchev–Trinajstić information content (AvgIpc) is 2.74. The van der Waals surface area contributed by atoms with Gasteiger partial charge >= 0.3 is 0 Å². The van der Waals surface area contributed by atoms with E-state index in [1.165, 1.54) is 22.3 Å². The Morgan fingerprint density at radius 1 is 0.800 bits per heavy atom. The number of rotatable bonds is 8. The van der Waals surface area contributed by atoms with Gasteiger partial charge < -0.3 is 4.90 Å². The summed E-state index contributed by atoms with van der Waals surface area (Å²) in [6.07, 6.45) is 3.57. The predicted octanol–water partition coefficient (Wildman–Crippen LogP) is 7.42. The molecule has 3 rings (SSSR count). The van der Waals surface area contributed by atoms with Gasteiger partial charge in [0.2, 0.25) is 0 Å². The summed E-state index contributed by atoms with van der Waals surface area (Å²) >= 11 is 0. The molecule has 0 aliphatic carbocycles. The Morgan fingerprint density at radius 3 is 1.90 bits per heavy atom. The fraction of sp³-hybridized carbons (Fsp3) is 0.310. The maximum atomic E-state index is 2.51. The maximum absolute atomic E-state index is 2.51. The molecule has 0 spiro atoms. The first-order valence-corrected chi connectivity index (χ1v) is 10.9. The molecule has 0 saturated heterocycles. The summed E-state index contributed by atoms with van der Waals surface area (Å²) in [5.41, 5.74) is 5.73. The fourth-order valence-corrected chi connectivity index (χ4v) is 3.97. The molecule has 30 heavy (non-hydrogen) atoms. The van der Waals surface area contributed by atoms with Crippen LogP contribution in [0.1, 0.15) is 49.8 Å². The van der Waals surface area contributed by atoms with E-state index in [9.17, 15) is 0 Å². The van der Waals surface area contributed by atoms with Gasteiger partial charge in [-0.15, -0.1) is 0 Å². The molecule has 0 heterocycles. The molecular weight excluding hydrogens is 362 g/mol. The Labute approximate surface area is 183 Å². The SMILES string of the molecule is CN(Cc1ccccc1)C[C@H](/C=C(\CC(C)(C)C)c1ccccc1)c1ccccc1. The zero-order chi connectivity index (χ0) is 21.4. The minimum Gasteiger partial charge on any atom is -0.301 e. The first kappa shape index (κ1) is 22.1. The lowest BCUT2D eigenvalue weighted by Gasteiger charge is -2.26. The largest absolute Gasteiger partial charge is 0.301 e. The third kappa shape index (κ3) is 7.00. The summed E-state index contributed by atoms with van der Waals surface area (Å²) in [5, 5.41) is 0. The van der Waals surface area contributed by atoms with Crippen molar-refractivity contribution in [1.82, 2.24) is 4.90 Å². The van der Waals surface area contributed by atoms with Crippen LogP contribution in [0.5, 0.6) is 0 Å². The number of allylic oxidation sites excluding steroid dienone is 1. The number of benzene rings is 3. The standard InChI is InChI=1S/C29H35N/c1-29(2,3)21-27(25-16-10-6-11-17-25)20-28(26-18-12-7-13-19-26)23-30(4)22-24-14-8-5-9-15-24/h5-20,28H,21-23H2,1-4H3/b27-20+/t28-/m0/s1. The van der Waals surface area contributed by atoms with Gasteiger partial charge in [-0.1, -0.05) is 118 Å². The molecule has 1 nitrogen and oxygen atoms in total. The minimum absolute atomic E-state index is 0.235. The van der Waals surface area contributed by atoms with Crippen LogP contribution in [0.2, 0.25) is 0 Å². The molecule has 0 amide bonds. The minimum atomic E-state index is 0.235. The smallest absolute Gasteiger partial charge is 0.0231 e.